The molecule has 0 aliphatic carbocycles. The lowest BCUT2D eigenvalue weighted by Crippen LogP contribution is -2.13. The molecule has 0 aliphatic rings. The van der Waals surface area contributed by atoms with Gasteiger partial charge in [0.2, 0.25) is 0 Å². The Morgan fingerprint density at radius 2 is 2.12 bits per heavy atom. The first-order valence-electron chi connectivity index (χ1n) is 4.79. The van der Waals surface area contributed by atoms with Crippen molar-refractivity contribution < 1.29 is 14.0 Å². The molecule has 0 heterocycles. The molecule has 0 saturated carbocycles. The third kappa shape index (κ3) is 3.72. The summed E-state index contributed by atoms with van der Waals surface area (Å²) in [5.74, 6) is -1.62. The highest BCUT2D eigenvalue weighted by molar-refractivity contribution is 5.79. The van der Waals surface area contributed by atoms with Gasteiger partial charge < -0.3 is 16.3 Å². The molecule has 1 rings (SSSR count). The van der Waals surface area contributed by atoms with E-state index in [1.54, 1.807) is 0 Å². The van der Waals surface area contributed by atoms with Crippen LogP contribution in [-0.4, -0.2) is 17.6 Å². The summed E-state index contributed by atoms with van der Waals surface area (Å²) in [6.45, 7) is 0.529. The maximum atomic E-state index is 12.8. The van der Waals surface area contributed by atoms with Gasteiger partial charge in [0, 0.05) is 18.7 Å². The molecule has 1 aromatic rings. The van der Waals surface area contributed by atoms with Crippen LogP contribution in [0, 0.1) is 11.6 Å². The summed E-state index contributed by atoms with van der Waals surface area (Å²) in [5, 5.41) is 14.0. The fourth-order valence-electron chi connectivity index (χ4n) is 1.16. The van der Waals surface area contributed by atoms with Gasteiger partial charge in [-0.05, 0) is 24.6 Å². The standard InChI is InChI=1S/C10H13F2N3O/c11-8-4-3-7(6-9(8)12)14-5-1-2-10(13)15-16/h3-4,6,14,16H,1-2,5H2,(H2,13,15). The average molecular weight is 229 g/mol. The van der Waals surface area contributed by atoms with Crippen LogP contribution in [0.5, 0.6) is 0 Å². The molecule has 0 fully saturated rings. The summed E-state index contributed by atoms with van der Waals surface area (Å²) in [7, 11) is 0. The lowest BCUT2D eigenvalue weighted by molar-refractivity contribution is 0.316. The number of amidine groups is 1. The van der Waals surface area contributed by atoms with Crippen LogP contribution < -0.4 is 11.1 Å². The number of nitrogens with one attached hydrogen (secondary N) is 1. The fraction of sp³-hybridized carbons (Fsp3) is 0.300. The van der Waals surface area contributed by atoms with Gasteiger partial charge in [0.05, 0.1) is 0 Å². The molecule has 16 heavy (non-hydrogen) atoms. The summed E-state index contributed by atoms with van der Waals surface area (Å²) in [5.41, 5.74) is 5.76. The maximum absolute atomic E-state index is 12.8. The van der Waals surface area contributed by atoms with E-state index in [4.69, 9.17) is 10.9 Å². The van der Waals surface area contributed by atoms with E-state index in [-0.39, 0.29) is 5.84 Å². The first kappa shape index (κ1) is 12.2. The topological polar surface area (TPSA) is 70.6 Å². The van der Waals surface area contributed by atoms with Crippen molar-refractivity contribution in [2.75, 3.05) is 11.9 Å². The molecule has 0 saturated heterocycles. The number of benzene rings is 1. The van der Waals surface area contributed by atoms with Crippen molar-refractivity contribution >= 4 is 11.5 Å². The van der Waals surface area contributed by atoms with Crippen LogP contribution in [0.4, 0.5) is 14.5 Å². The molecule has 0 amide bonds. The summed E-state index contributed by atoms with van der Waals surface area (Å²) < 4.78 is 25.4. The van der Waals surface area contributed by atoms with Crippen LogP contribution >= 0.6 is 0 Å². The second kappa shape index (κ2) is 5.89. The van der Waals surface area contributed by atoms with E-state index >= 15 is 0 Å². The molecule has 1 aromatic carbocycles. The molecule has 4 nitrogen and oxygen atoms in total. The van der Waals surface area contributed by atoms with Crippen LogP contribution in [0.1, 0.15) is 12.8 Å². The molecule has 0 radical (unpaired) electrons. The van der Waals surface area contributed by atoms with Gasteiger partial charge >= 0.3 is 0 Å². The summed E-state index contributed by atoms with van der Waals surface area (Å²) in [4.78, 5) is 0. The van der Waals surface area contributed by atoms with E-state index in [0.717, 1.165) is 12.1 Å². The van der Waals surface area contributed by atoms with Crippen molar-refractivity contribution in [3.63, 3.8) is 0 Å². The van der Waals surface area contributed by atoms with Gasteiger partial charge in [0.1, 0.15) is 5.84 Å². The molecular formula is C10H13F2N3O. The van der Waals surface area contributed by atoms with Crippen molar-refractivity contribution in [2.45, 2.75) is 12.8 Å². The zero-order valence-corrected chi connectivity index (χ0v) is 8.58. The first-order chi connectivity index (χ1) is 7.63. The van der Waals surface area contributed by atoms with E-state index in [2.05, 4.69) is 10.5 Å². The molecule has 0 aromatic heterocycles. The third-order valence-corrected chi connectivity index (χ3v) is 1.99. The SMILES string of the molecule is NC(CCCNc1ccc(F)c(F)c1)=NO. The number of oxime groups is 1. The summed E-state index contributed by atoms with van der Waals surface area (Å²) >= 11 is 0. The minimum Gasteiger partial charge on any atom is -0.409 e. The number of nitrogens with two attached hydrogens (primary N) is 1. The van der Waals surface area contributed by atoms with Gasteiger partial charge in [-0.2, -0.15) is 0 Å². The number of hydrogen-bond acceptors (Lipinski definition) is 3. The van der Waals surface area contributed by atoms with Crippen molar-refractivity contribution in [3.8, 4) is 0 Å². The average Bonchev–Trinajstić information content (AvgIpc) is 2.28. The minimum atomic E-state index is -0.888. The van der Waals surface area contributed by atoms with Gasteiger partial charge in [0.15, 0.2) is 11.6 Å². The smallest absolute Gasteiger partial charge is 0.160 e. The highest BCUT2D eigenvalue weighted by Gasteiger charge is 2.01. The molecule has 4 N–H and O–H groups in total. The van der Waals surface area contributed by atoms with Crippen LogP contribution in [0.2, 0.25) is 0 Å². The molecule has 6 heteroatoms. The minimum absolute atomic E-state index is 0.145. The number of anilines is 1. The predicted octanol–water partition coefficient (Wildman–Crippen LogP) is 1.90. The monoisotopic (exact) mass is 229 g/mol. The van der Waals surface area contributed by atoms with Crippen molar-refractivity contribution in [1.29, 1.82) is 0 Å². The van der Waals surface area contributed by atoms with Crippen molar-refractivity contribution in [1.82, 2.24) is 0 Å². The molecule has 0 atom stereocenters. The predicted molar refractivity (Wildman–Crippen MR) is 57.5 cm³/mol. The van der Waals surface area contributed by atoms with Crippen LogP contribution in [0.3, 0.4) is 0 Å². The van der Waals surface area contributed by atoms with E-state index < -0.39 is 11.6 Å². The van der Waals surface area contributed by atoms with Gasteiger partial charge in [-0.3, -0.25) is 0 Å². The van der Waals surface area contributed by atoms with Gasteiger partial charge in [-0.25, -0.2) is 8.78 Å². The number of hydrogen-bond donors (Lipinski definition) is 3. The molecule has 0 unspecified atom stereocenters. The van der Waals surface area contributed by atoms with Crippen molar-refractivity contribution in [3.05, 3.63) is 29.8 Å². The fourth-order valence-corrected chi connectivity index (χ4v) is 1.16. The van der Waals surface area contributed by atoms with Crippen LogP contribution in [-0.2, 0) is 0 Å². The lowest BCUT2D eigenvalue weighted by Gasteiger charge is -2.06. The second-order valence-electron chi connectivity index (χ2n) is 3.25. The van der Waals surface area contributed by atoms with Gasteiger partial charge in [-0.15, -0.1) is 0 Å². The zero-order chi connectivity index (χ0) is 12.0. The Labute approximate surface area is 91.8 Å². The third-order valence-electron chi connectivity index (χ3n) is 1.99. The molecule has 88 valence electrons. The van der Waals surface area contributed by atoms with Gasteiger partial charge in [-0.1, -0.05) is 5.16 Å². The number of rotatable bonds is 5. The molecule has 0 spiro atoms. The van der Waals surface area contributed by atoms with E-state index in [1.807, 2.05) is 0 Å². The Morgan fingerprint density at radius 1 is 1.38 bits per heavy atom. The zero-order valence-electron chi connectivity index (χ0n) is 8.58. The van der Waals surface area contributed by atoms with E-state index in [0.29, 0.717) is 25.1 Å². The van der Waals surface area contributed by atoms with E-state index in [1.165, 1.54) is 6.07 Å². The number of halogens is 2. The van der Waals surface area contributed by atoms with Crippen LogP contribution in [0.25, 0.3) is 0 Å². The Morgan fingerprint density at radius 3 is 2.75 bits per heavy atom. The normalized spacial score (nSPS) is 11.5. The highest BCUT2D eigenvalue weighted by atomic mass is 19.2. The molecule has 0 aliphatic heterocycles. The Balaban J connectivity index is 2.35. The quantitative estimate of drug-likeness (QED) is 0.237. The van der Waals surface area contributed by atoms with Crippen molar-refractivity contribution in [2.24, 2.45) is 10.9 Å². The first-order valence-corrected chi connectivity index (χ1v) is 4.79. The Bertz CT molecular complexity index is 382. The largest absolute Gasteiger partial charge is 0.409 e. The number of nitrogens with zero attached hydrogens (tertiary/aromatic N) is 1. The summed E-state index contributed by atoms with van der Waals surface area (Å²) in [6.07, 6.45) is 1.07. The Hall–Kier alpha value is -1.85. The van der Waals surface area contributed by atoms with Gasteiger partial charge in [0.25, 0.3) is 0 Å². The highest BCUT2D eigenvalue weighted by Crippen LogP contribution is 2.12. The maximum Gasteiger partial charge on any atom is 0.160 e. The van der Waals surface area contributed by atoms with Crippen LogP contribution in [0.15, 0.2) is 23.4 Å². The van der Waals surface area contributed by atoms with E-state index in [9.17, 15) is 8.78 Å². The second-order valence-corrected chi connectivity index (χ2v) is 3.25. The lowest BCUT2D eigenvalue weighted by atomic mass is 10.2. The molecular weight excluding hydrogens is 216 g/mol. The molecule has 0 bridgehead atoms. The summed E-state index contributed by atoms with van der Waals surface area (Å²) in [6, 6.07) is 3.59. The Kier molecular flexibility index (Phi) is 4.50.